The Bertz CT molecular complexity index is 844. The topological polar surface area (TPSA) is 79.5 Å². The van der Waals surface area contributed by atoms with Gasteiger partial charge in [0.15, 0.2) is 5.11 Å². The molecule has 0 radical (unpaired) electrons. The highest BCUT2D eigenvalue weighted by molar-refractivity contribution is 7.80. The second-order valence-corrected chi connectivity index (χ2v) is 10.4. The molecule has 4 fully saturated rings. The van der Waals surface area contributed by atoms with E-state index in [0.717, 1.165) is 19.3 Å². The van der Waals surface area contributed by atoms with Crippen molar-refractivity contribution in [1.82, 2.24) is 16.2 Å². The Labute approximate surface area is 197 Å². The summed E-state index contributed by atoms with van der Waals surface area (Å²) in [7, 11) is 0. The minimum Gasteiger partial charge on any atom is -0.492 e. The average Bonchev–Trinajstić information content (AvgIpc) is 2.70. The number of hydrogen-bond acceptors (Lipinski definition) is 4. The lowest BCUT2D eigenvalue weighted by Gasteiger charge is -2.55. The Morgan fingerprint density at radius 1 is 1.06 bits per heavy atom. The van der Waals surface area contributed by atoms with Gasteiger partial charge in [-0.05, 0) is 93.1 Å². The van der Waals surface area contributed by atoms with Crippen molar-refractivity contribution >= 4 is 52.3 Å². The summed E-state index contributed by atoms with van der Waals surface area (Å²) in [5.41, 5.74) is 4.90. The molecule has 4 aliphatic carbocycles. The fraction of sp³-hybridized carbons (Fsp3) is 0.591. The molecule has 6 nitrogen and oxygen atoms in total. The predicted molar refractivity (Wildman–Crippen MR) is 124 cm³/mol. The molecular formula is C22H27Cl2N3O3S. The molecule has 9 heteroatoms. The molecule has 0 saturated heterocycles. The summed E-state index contributed by atoms with van der Waals surface area (Å²) >= 11 is 17.1. The second-order valence-electron chi connectivity index (χ2n) is 9.18. The van der Waals surface area contributed by atoms with Gasteiger partial charge in [-0.25, -0.2) is 0 Å². The maximum absolute atomic E-state index is 13.0. The molecule has 31 heavy (non-hydrogen) atoms. The van der Waals surface area contributed by atoms with Gasteiger partial charge in [-0.1, -0.05) is 23.2 Å². The summed E-state index contributed by atoms with van der Waals surface area (Å²) in [5.74, 6) is 2.34. The first-order valence-electron chi connectivity index (χ1n) is 10.8. The van der Waals surface area contributed by atoms with E-state index in [1.165, 1.54) is 19.3 Å². The van der Waals surface area contributed by atoms with Crippen LogP contribution in [0.5, 0.6) is 5.75 Å². The van der Waals surface area contributed by atoms with Crippen molar-refractivity contribution in [3.63, 3.8) is 0 Å². The summed E-state index contributed by atoms with van der Waals surface area (Å²) in [6.45, 7) is 0.335. The number of hydrazine groups is 1. The first-order valence-corrected chi connectivity index (χ1v) is 12.0. The van der Waals surface area contributed by atoms with Crippen LogP contribution in [0.4, 0.5) is 0 Å². The molecular weight excluding hydrogens is 457 g/mol. The normalized spacial score (nSPS) is 28.1. The monoisotopic (exact) mass is 483 g/mol. The van der Waals surface area contributed by atoms with Gasteiger partial charge >= 0.3 is 0 Å². The van der Waals surface area contributed by atoms with Gasteiger partial charge < -0.3 is 10.1 Å². The number of halogens is 2. The quantitative estimate of drug-likeness (QED) is 0.317. The van der Waals surface area contributed by atoms with Crippen LogP contribution in [-0.4, -0.2) is 23.5 Å². The lowest BCUT2D eigenvalue weighted by Crippen LogP contribution is -2.57. The highest BCUT2D eigenvalue weighted by atomic mass is 35.5. The standard InChI is InChI=1S/C22H27Cl2N3O3S/c23-16-3-4-18(17(24)9-16)30-5-1-2-19(28)26-27-21(31)25-20(29)22-10-13-6-14(11-22)8-15(7-13)12-22/h3-4,9,13-15H,1-2,5-8,10-12H2,(H,26,28)(H2,25,27,29,31). The summed E-state index contributed by atoms with van der Waals surface area (Å²) in [6, 6.07) is 4.99. The van der Waals surface area contributed by atoms with E-state index >= 15 is 0 Å². The fourth-order valence-electron chi connectivity index (χ4n) is 5.85. The van der Waals surface area contributed by atoms with E-state index in [-0.39, 0.29) is 28.8 Å². The van der Waals surface area contributed by atoms with Crippen molar-refractivity contribution < 1.29 is 14.3 Å². The summed E-state index contributed by atoms with van der Waals surface area (Å²) in [6.07, 6.45) is 7.48. The van der Waals surface area contributed by atoms with Crippen LogP contribution in [0.25, 0.3) is 0 Å². The average molecular weight is 484 g/mol. The molecule has 0 atom stereocenters. The van der Waals surface area contributed by atoms with Crippen LogP contribution in [0.15, 0.2) is 18.2 Å². The predicted octanol–water partition coefficient (Wildman–Crippen LogP) is 4.39. The molecule has 1 aromatic carbocycles. The lowest BCUT2D eigenvalue weighted by molar-refractivity contribution is -0.144. The second kappa shape index (κ2) is 9.51. The molecule has 4 saturated carbocycles. The minimum absolute atomic E-state index is 0.00610. The van der Waals surface area contributed by atoms with E-state index in [1.807, 2.05) is 0 Å². The van der Waals surface area contributed by atoms with Gasteiger partial charge in [0.2, 0.25) is 11.8 Å². The van der Waals surface area contributed by atoms with Crippen molar-refractivity contribution in [2.75, 3.05) is 6.61 Å². The van der Waals surface area contributed by atoms with Gasteiger partial charge in [0, 0.05) is 11.4 Å². The Morgan fingerprint density at radius 3 is 2.32 bits per heavy atom. The molecule has 4 aliphatic rings. The van der Waals surface area contributed by atoms with Crippen molar-refractivity contribution in [3.8, 4) is 5.75 Å². The minimum atomic E-state index is -0.273. The van der Waals surface area contributed by atoms with Gasteiger partial charge in [0.05, 0.1) is 17.0 Å². The zero-order valence-corrected chi connectivity index (χ0v) is 19.5. The number of thiocarbonyl (C=S) groups is 1. The third-order valence-corrected chi connectivity index (χ3v) is 7.50. The maximum Gasteiger partial charge on any atom is 0.238 e. The Balaban J connectivity index is 1.14. The highest BCUT2D eigenvalue weighted by Crippen LogP contribution is 2.60. The largest absolute Gasteiger partial charge is 0.492 e. The number of rotatable bonds is 6. The van der Waals surface area contributed by atoms with E-state index in [1.54, 1.807) is 18.2 Å². The van der Waals surface area contributed by atoms with Crippen LogP contribution in [-0.2, 0) is 9.59 Å². The smallest absolute Gasteiger partial charge is 0.238 e. The van der Waals surface area contributed by atoms with E-state index in [2.05, 4.69) is 16.2 Å². The summed E-state index contributed by atoms with van der Waals surface area (Å²) < 4.78 is 5.56. The lowest BCUT2D eigenvalue weighted by atomic mass is 9.49. The molecule has 5 rings (SSSR count). The van der Waals surface area contributed by atoms with Crippen molar-refractivity contribution in [2.24, 2.45) is 23.2 Å². The van der Waals surface area contributed by atoms with E-state index in [9.17, 15) is 9.59 Å². The molecule has 0 aliphatic heterocycles. The molecule has 0 heterocycles. The van der Waals surface area contributed by atoms with Gasteiger partial charge in [-0.3, -0.25) is 20.4 Å². The molecule has 168 valence electrons. The Morgan fingerprint density at radius 2 is 1.71 bits per heavy atom. The number of benzene rings is 1. The van der Waals surface area contributed by atoms with Crippen LogP contribution >= 0.6 is 35.4 Å². The zero-order valence-electron chi connectivity index (χ0n) is 17.2. The number of ether oxygens (including phenoxy) is 1. The van der Waals surface area contributed by atoms with Crippen molar-refractivity contribution in [2.45, 2.75) is 51.4 Å². The fourth-order valence-corrected chi connectivity index (χ4v) is 6.46. The van der Waals surface area contributed by atoms with E-state index in [4.69, 9.17) is 40.2 Å². The number of hydrogen-bond donors (Lipinski definition) is 3. The van der Waals surface area contributed by atoms with Crippen LogP contribution in [0.2, 0.25) is 10.0 Å². The molecule has 4 bridgehead atoms. The van der Waals surface area contributed by atoms with Crippen molar-refractivity contribution in [1.29, 1.82) is 0 Å². The Kier molecular flexibility index (Phi) is 6.94. The van der Waals surface area contributed by atoms with Crippen LogP contribution in [0.1, 0.15) is 51.4 Å². The van der Waals surface area contributed by atoms with E-state index in [0.29, 0.717) is 46.6 Å². The molecule has 0 spiro atoms. The third kappa shape index (κ3) is 5.44. The van der Waals surface area contributed by atoms with Crippen LogP contribution in [0, 0.1) is 23.2 Å². The van der Waals surface area contributed by atoms with Gasteiger partial charge in [-0.2, -0.15) is 0 Å². The maximum atomic E-state index is 13.0. The number of carbonyl (C=O) groups is 2. The Hall–Kier alpha value is -1.57. The summed E-state index contributed by atoms with van der Waals surface area (Å²) in [5, 5.41) is 3.91. The molecule has 1 aromatic rings. The number of amides is 2. The molecule has 0 unspecified atom stereocenters. The van der Waals surface area contributed by atoms with Gasteiger partial charge in [0.25, 0.3) is 0 Å². The number of carbonyl (C=O) groups excluding carboxylic acids is 2. The zero-order chi connectivity index (χ0) is 22.0. The van der Waals surface area contributed by atoms with Crippen LogP contribution < -0.4 is 20.9 Å². The van der Waals surface area contributed by atoms with E-state index < -0.39 is 0 Å². The third-order valence-electron chi connectivity index (χ3n) is 6.76. The molecule has 3 N–H and O–H groups in total. The summed E-state index contributed by atoms with van der Waals surface area (Å²) in [4.78, 5) is 25.0. The molecule has 0 aromatic heterocycles. The van der Waals surface area contributed by atoms with Crippen LogP contribution in [0.3, 0.4) is 0 Å². The number of nitrogens with one attached hydrogen (secondary N) is 3. The molecule has 2 amide bonds. The van der Waals surface area contributed by atoms with Gasteiger partial charge in [0.1, 0.15) is 5.75 Å². The van der Waals surface area contributed by atoms with Gasteiger partial charge in [-0.15, -0.1) is 0 Å². The first kappa shape index (κ1) is 22.6. The highest BCUT2D eigenvalue weighted by Gasteiger charge is 2.54. The SMILES string of the molecule is O=C(CCCOc1ccc(Cl)cc1Cl)NNC(=S)NC(=O)C12CC3CC(CC(C3)C1)C2. The first-order chi connectivity index (χ1) is 14.8. The van der Waals surface area contributed by atoms with Crippen molar-refractivity contribution in [3.05, 3.63) is 28.2 Å².